The third-order valence-corrected chi connectivity index (χ3v) is 4.45. The minimum Gasteiger partial charge on any atom is -0.254 e. The molecule has 0 spiro atoms. The Bertz CT molecular complexity index is 739. The molecule has 2 aromatic rings. The first-order valence-electron chi connectivity index (χ1n) is 5.92. The average molecular weight is 362 g/mol. The second-order valence-electron chi connectivity index (χ2n) is 4.17. The molecule has 0 aliphatic carbocycles. The molecule has 0 fully saturated rings. The lowest BCUT2D eigenvalue weighted by molar-refractivity contribution is -0.137. The van der Waals surface area contributed by atoms with Gasteiger partial charge in [-0.25, -0.2) is 0 Å². The zero-order valence-electron chi connectivity index (χ0n) is 10.9. The van der Waals surface area contributed by atoms with Crippen LogP contribution in [0.25, 0.3) is 11.3 Å². The highest BCUT2D eigenvalue weighted by Gasteiger charge is 2.35. The molecule has 0 saturated heterocycles. The smallest absolute Gasteiger partial charge is 0.254 e. The third kappa shape index (κ3) is 3.70. The molecule has 0 atom stereocenters. The number of hydrogen-bond acceptors (Lipinski definition) is 2. The van der Waals surface area contributed by atoms with Crippen molar-refractivity contribution in [3.8, 4) is 23.6 Å². The molecular formula is C15H8Cl2F3NS. The predicted molar refractivity (Wildman–Crippen MR) is 84.3 cm³/mol. The van der Waals surface area contributed by atoms with Gasteiger partial charge >= 0.3 is 6.18 Å². The molecule has 0 aliphatic rings. The Balaban J connectivity index is 2.46. The number of alkyl halides is 3. The van der Waals surface area contributed by atoms with E-state index in [4.69, 9.17) is 29.6 Å². The van der Waals surface area contributed by atoms with Crippen LogP contribution in [0.1, 0.15) is 5.56 Å². The largest absolute Gasteiger partial charge is 0.419 e. The van der Waals surface area contributed by atoms with Gasteiger partial charge in [0, 0.05) is 16.7 Å². The van der Waals surface area contributed by atoms with Crippen molar-refractivity contribution < 1.29 is 13.2 Å². The van der Waals surface area contributed by atoms with Gasteiger partial charge in [0.2, 0.25) is 0 Å². The highest BCUT2D eigenvalue weighted by atomic mass is 35.5. The Hall–Kier alpha value is -1.35. The van der Waals surface area contributed by atoms with E-state index in [1.807, 2.05) is 6.07 Å². The van der Waals surface area contributed by atoms with Crippen LogP contribution in [0.2, 0.25) is 10.0 Å². The molecule has 0 unspecified atom stereocenters. The summed E-state index contributed by atoms with van der Waals surface area (Å²) in [6, 6.07) is 7.03. The maximum absolute atomic E-state index is 12.8. The number of thioether (sulfide) groups is 1. The zero-order valence-corrected chi connectivity index (χ0v) is 13.2. The van der Waals surface area contributed by atoms with Crippen molar-refractivity contribution in [3.63, 3.8) is 0 Å². The molecule has 0 aliphatic heterocycles. The summed E-state index contributed by atoms with van der Waals surface area (Å²) in [4.78, 5) is 4.68. The van der Waals surface area contributed by atoms with Gasteiger partial charge < -0.3 is 0 Å². The molecule has 7 heteroatoms. The lowest BCUT2D eigenvalue weighted by atomic mass is 10.1. The molecule has 0 radical (unpaired) electrons. The number of pyridine rings is 1. The Morgan fingerprint density at radius 2 is 1.95 bits per heavy atom. The van der Waals surface area contributed by atoms with Gasteiger partial charge in [-0.2, -0.15) is 13.2 Å². The SMILES string of the molecule is C#CCSc1cccc(-c2ncc(C(F)(F)F)c(Cl)c2Cl)c1. The van der Waals surface area contributed by atoms with Crippen molar-refractivity contribution in [1.82, 2.24) is 4.98 Å². The van der Waals surface area contributed by atoms with Gasteiger partial charge in [-0.1, -0.05) is 41.3 Å². The number of hydrogen-bond donors (Lipinski definition) is 0. The lowest BCUT2D eigenvalue weighted by Crippen LogP contribution is -2.07. The van der Waals surface area contributed by atoms with Gasteiger partial charge in [0.25, 0.3) is 0 Å². The molecule has 1 aromatic carbocycles. The molecule has 1 nitrogen and oxygen atoms in total. The van der Waals surface area contributed by atoms with E-state index in [2.05, 4.69) is 10.9 Å². The van der Waals surface area contributed by atoms with Gasteiger partial charge in [0.05, 0.1) is 27.1 Å². The number of terminal acetylenes is 1. The summed E-state index contributed by atoms with van der Waals surface area (Å²) in [6.45, 7) is 0. The zero-order chi connectivity index (χ0) is 16.3. The maximum atomic E-state index is 12.8. The maximum Gasteiger partial charge on any atom is 0.419 e. The average Bonchev–Trinajstić information content (AvgIpc) is 2.47. The van der Waals surface area contributed by atoms with Crippen molar-refractivity contribution >= 4 is 35.0 Å². The van der Waals surface area contributed by atoms with Crippen LogP contribution in [-0.2, 0) is 6.18 Å². The number of rotatable bonds is 3. The summed E-state index contributed by atoms with van der Waals surface area (Å²) in [7, 11) is 0. The van der Waals surface area contributed by atoms with E-state index in [0.29, 0.717) is 17.5 Å². The predicted octanol–water partition coefficient (Wildman–Crippen LogP) is 5.80. The van der Waals surface area contributed by atoms with E-state index in [0.717, 1.165) is 4.90 Å². The highest BCUT2D eigenvalue weighted by Crippen LogP contribution is 2.41. The van der Waals surface area contributed by atoms with Gasteiger partial charge in [0.1, 0.15) is 0 Å². The fourth-order valence-electron chi connectivity index (χ4n) is 1.72. The van der Waals surface area contributed by atoms with E-state index in [9.17, 15) is 13.2 Å². The highest BCUT2D eigenvalue weighted by molar-refractivity contribution is 7.99. The quantitative estimate of drug-likeness (QED) is 0.506. The first-order chi connectivity index (χ1) is 10.3. The van der Waals surface area contributed by atoms with Gasteiger partial charge in [-0.05, 0) is 12.1 Å². The fourth-order valence-corrected chi connectivity index (χ4v) is 2.86. The monoisotopic (exact) mass is 361 g/mol. The summed E-state index contributed by atoms with van der Waals surface area (Å²) in [6.07, 6.45) is 1.28. The van der Waals surface area contributed by atoms with Crippen molar-refractivity contribution in [2.45, 2.75) is 11.1 Å². The van der Waals surface area contributed by atoms with Gasteiger partial charge in [-0.3, -0.25) is 4.98 Å². The van der Waals surface area contributed by atoms with Gasteiger partial charge in [0.15, 0.2) is 0 Å². The first kappa shape index (κ1) is 17.0. The minimum atomic E-state index is -4.60. The first-order valence-corrected chi connectivity index (χ1v) is 7.66. The van der Waals surface area contributed by atoms with Crippen molar-refractivity contribution in [2.24, 2.45) is 0 Å². The second kappa shape index (κ2) is 6.82. The van der Waals surface area contributed by atoms with E-state index in [1.165, 1.54) is 11.8 Å². The van der Waals surface area contributed by atoms with Crippen LogP contribution in [0.15, 0.2) is 35.4 Å². The normalized spacial score (nSPS) is 11.3. The molecule has 1 aromatic heterocycles. The van der Waals surface area contributed by atoms with E-state index in [1.54, 1.807) is 18.2 Å². The van der Waals surface area contributed by atoms with Gasteiger partial charge in [-0.15, -0.1) is 18.2 Å². The topological polar surface area (TPSA) is 12.9 Å². The van der Waals surface area contributed by atoms with E-state index in [-0.39, 0.29) is 10.7 Å². The minimum absolute atomic E-state index is 0.197. The van der Waals surface area contributed by atoms with Crippen molar-refractivity contribution in [1.29, 1.82) is 0 Å². The summed E-state index contributed by atoms with van der Waals surface area (Å²) in [5.41, 5.74) is -0.286. The Morgan fingerprint density at radius 3 is 2.59 bits per heavy atom. The molecule has 114 valence electrons. The Morgan fingerprint density at radius 1 is 1.23 bits per heavy atom. The number of halogens is 5. The standard InChI is InChI=1S/C15H8Cl2F3NS/c1-2-6-22-10-5-3-4-9(7-10)14-13(17)12(16)11(8-21-14)15(18,19)20/h1,3-5,7-8H,6H2. The molecule has 0 amide bonds. The summed E-state index contributed by atoms with van der Waals surface area (Å²) >= 11 is 13.1. The molecule has 0 saturated carbocycles. The van der Waals surface area contributed by atoms with E-state index >= 15 is 0 Å². The third-order valence-electron chi connectivity index (χ3n) is 2.69. The lowest BCUT2D eigenvalue weighted by Gasteiger charge is -2.12. The molecule has 2 rings (SSSR count). The van der Waals surface area contributed by atoms with Crippen LogP contribution < -0.4 is 0 Å². The molecular weight excluding hydrogens is 354 g/mol. The van der Waals surface area contributed by atoms with Crippen LogP contribution in [0, 0.1) is 12.3 Å². The molecule has 0 bridgehead atoms. The van der Waals surface area contributed by atoms with Crippen LogP contribution in [0.4, 0.5) is 13.2 Å². The van der Waals surface area contributed by atoms with E-state index < -0.39 is 16.8 Å². The second-order valence-corrected chi connectivity index (χ2v) is 5.97. The molecule has 1 heterocycles. The number of aromatic nitrogens is 1. The number of benzene rings is 1. The van der Waals surface area contributed by atoms with Crippen LogP contribution in [0.3, 0.4) is 0 Å². The summed E-state index contributed by atoms with van der Waals surface area (Å²) in [5.74, 6) is 2.98. The fraction of sp³-hybridized carbons (Fsp3) is 0.133. The van der Waals surface area contributed by atoms with Crippen LogP contribution in [-0.4, -0.2) is 10.7 Å². The summed E-state index contributed by atoms with van der Waals surface area (Å²) in [5, 5.41) is -0.781. The summed E-state index contributed by atoms with van der Waals surface area (Å²) < 4.78 is 38.3. The molecule has 22 heavy (non-hydrogen) atoms. The van der Waals surface area contributed by atoms with Crippen LogP contribution in [0.5, 0.6) is 0 Å². The van der Waals surface area contributed by atoms with Crippen molar-refractivity contribution in [2.75, 3.05) is 5.75 Å². The van der Waals surface area contributed by atoms with Crippen LogP contribution >= 0.6 is 35.0 Å². The number of nitrogens with zero attached hydrogens (tertiary/aromatic N) is 1. The van der Waals surface area contributed by atoms with Crippen molar-refractivity contribution in [3.05, 3.63) is 46.1 Å². The molecule has 0 N–H and O–H groups in total. The Kier molecular flexibility index (Phi) is 5.28. The Labute approximate surface area is 139 Å².